The lowest BCUT2D eigenvalue weighted by Gasteiger charge is -2.21. The summed E-state index contributed by atoms with van der Waals surface area (Å²) in [4.78, 5) is 26.0. The Hall–Kier alpha value is -1.26. The van der Waals surface area contributed by atoms with Gasteiger partial charge >= 0.3 is 11.8 Å². The number of hydrogen-bond acceptors (Lipinski definition) is 2. The van der Waals surface area contributed by atoms with Gasteiger partial charge in [0, 0.05) is 13.1 Å². The van der Waals surface area contributed by atoms with Crippen LogP contribution in [0, 0.1) is 0 Å². The van der Waals surface area contributed by atoms with Crippen LogP contribution >= 0.6 is 23.2 Å². The number of halogens is 2. The lowest BCUT2D eigenvalue weighted by molar-refractivity contribution is -0.143. The molecule has 122 valence electrons. The van der Waals surface area contributed by atoms with Gasteiger partial charge in [-0.1, -0.05) is 56.0 Å². The number of nitrogens with one attached hydrogen (secondary N) is 1. The summed E-state index contributed by atoms with van der Waals surface area (Å²) in [6.07, 6.45) is 3.69. The highest BCUT2D eigenvalue weighted by Gasteiger charge is 2.22. The second kappa shape index (κ2) is 9.70. The molecule has 0 aliphatic heterocycles. The van der Waals surface area contributed by atoms with Crippen molar-refractivity contribution >= 4 is 40.7 Å². The van der Waals surface area contributed by atoms with Crippen LogP contribution < -0.4 is 5.32 Å². The third-order valence-electron chi connectivity index (χ3n) is 3.24. The molecule has 1 rings (SSSR count). The molecule has 1 aromatic rings. The molecule has 0 spiro atoms. The summed E-state index contributed by atoms with van der Waals surface area (Å²) in [5.74, 6) is -1.21. The molecule has 0 unspecified atom stereocenters. The van der Waals surface area contributed by atoms with Crippen LogP contribution in [0.1, 0.15) is 39.5 Å². The number of anilines is 1. The smallest absolute Gasteiger partial charge is 0.313 e. The molecule has 0 radical (unpaired) electrons. The van der Waals surface area contributed by atoms with Gasteiger partial charge in [-0.05, 0) is 25.0 Å². The van der Waals surface area contributed by atoms with Crippen molar-refractivity contribution in [1.29, 1.82) is 0 Å². The molecule has 0 aromatic heterocycles. The average molecular weight is 345 g/mol. The maximum absolute atomic E-state index is 12.3. The normalized spacial score (nSPS) is 10.4. The van der Waals surface area contributed by atoms with Crippen molar-refractivity contribution in [2.24, 2.45) is 0 Å². The summed E-state index contributed by atoms with van der Waals surface area (Å²) in [5.41, 5.74) is 0.346. The van der Waals surface area contributed by atoms with Gasteiger partial charge in [-0.3, -0.25) is 9.59 Å². The largest absolute Gasteiger partial charge is 0.334 e. The second-order valence-electron chi connectivity index (χ2n) is 5.05. The standard InChI is InChI=1S/C16H22Cl2N2O2/c1-3-5-10-20(11-6-4-2)16(22)15(21)19-13-9-7-8-12(17)14(13)18/h7-9H,3-6,10-11H2,1-2H3,(H,19,21). The summed E-state index contributed by atoms with van der Waals surface area (Å²) in [6, 6.07) is 4.90. The number of nitrogens with zero attached hydrogens (tertiary/aromatic N) is 1. The Morgan fingerprint density at radius 3 is 2.23 bits per heavy atom. The van der Waals surface area contributed by atoms with Crippen molar-refractivity contribution in [3.63, 3.8) is 0 Å². The summed E-state index contributed by atoms with van der Waals surface area (Å²) in [7, 11) is 0. The second-order valence-corrected chi connectivity index (χ2v) is 5.84. The summed E-state index contributed by atoms with van der Waals surface area (Å²) in [6.45, 7) is 5.28. The quantitative estimate of drug-likeness (QED) is 0.747. The molecule has 0 aliphatic carbocycles. The van der Waals surface area contributed by atoms with Crippen LogP contribution in [0.25, 0.3) is 0 Å². The van der Waals surface area contributed by atoms with E-state index in [2.05, 4.69) is 5.32 Å². The van der Waals surface area contributed by atoms with Crippen molar-refractivity contribution in [2.45, 2.75) is 39.5 Å². The molecule has 0 atom stereocenters. The van der Waals surface area contributed by atoms with E-state index in [1.54, 1.807) is 23.1 Å². The summed E-state index contributed by atoms with van der Waals surface area (Å²) < 4.78 is 0. The third kappa shape index (κ3) is 5.50. The highest BCUT2D eigenvalue weighted by molar-refractivity contribution is 6.45. The van der Waals surface area contributed by atoms with Crippen LogP contribution in [0.15, 0.2) is 18.2 Å². The first-order valence-electron chi connectivity index (χ1n) is 7.55. The van der Waals surface area contributed by atoms with E-state index in [1.165, 1.54) is 0 Å². The minimum atomic E-state index is -0.684. The number of benzene rings is 1. The third-order valence-corrected chi connectivity index (χ3v) is 4.06. The Bertz CT molecular complexity index is 513. The van der Waals surface area contributed by atoms with Crippen molar-refractivity contribution in [3.8, 4) is 0 Å². The maximum Gasteiger partial charge on any atom is 0.313 e. The fourth-order valence-corrected chi connectivity index (χ4v) is 2.28. The van der Waals surface area contributed by atoms with Crippen LogP contribution in [0.3, 0.4) is 0 Å². The van der Waals surface area contributed by atoms with E-state index in [4.69, 9.17) is 23.2 Å². The Kier molecular flexibility index (Phi) is 8.28. The summed E-state index contributed by atoms with van der Waals surface area (Å²) in [5, 5.41) is 3.11. The van der Waals surface area contributed by atoms with Gasteiger partial charge in [-0.2, -0.15) is 0 Å². The van der Waals surface area contributed by atoms with Gasteiger partial charge in [-0.15, -0.1) is 0 Å². The van der Waals surface area contributed by atoms with Crippen LogP contribution in [-0.4, -0.2) is 29.8 Å². The van der Waals surface area contributed by atoms with Gasteiger partial charge in [0.1, 0.15) is 0 Å². The zero-order valence-electron chi connectivity index (χ0n) is 13.0. The highest BCUT2D eigenvalue weighted by Crippen LogP contribution is 2.29. The Morgan fingerprint density at radius 1 is 1.09 bits per heavy atom. The first kappa shape index (κ1) is 18.8. The molecule has 0 heterocycles. The zero-order valence-corrected chi connectivity index (χ0v) is 14.5. The molecule has 2 amide bonds. The topological polar surface area (TPSA) is 49.4 Å². The number of carbonyl (C=O) groups excluding carboxylic acids is 2. The van der Waals surface area contributed by atoms with Gasteiger partial charge in [0.25, 0.3) is 0 Å². The molecule has 1 N–H and O–H groups in total. The average Bonchev–Trinajstić information content (AvgIpc) is 2.51. The van der Waals surface area contributed by atoms with E-state index >= 15 is 0 Å². The minimum absolute atomic E-state index is 0.235. The van der Waals surface area contributed by atoms with E-state index in [1.807, 2.05) is 13.8 Å². The van der Waals surface area contributed by atoms with Crippen molar-refractivity contribution in [1.82, 2.24) is 4.90 Å². The molecule has 0 saturated carbocycles. The molecule has 0 saturated heterocycles. The Morgan fingerprint density at radius 2 is 1.68 bits per heavy atom. The van der Waals surface area contributed by atoms with E-state index < -0.39 is 11.8 Å². The molecule has 1 aromatic carbocycles. The van der Waals surface area contributed by atoms with Crippen LogP contribution in [0.5, 0.6) is 0 Å². The number of rotatable bonds is 7. The fourth-order valence-electron chi connectivity index (χ4n) is 1.93. The fraction of sp³-hybridized carbons (Fsp3) is 0.500. The SMILES string of the molecule is CCCCN(CCCC)C(=O)C(=O)Nc1cccc(Cl)c1Cl. The molecule has 6 heteroatoms. The Labute approximate surface area is 141 Å². The van der Waals surface area contributed by atoms with E-state index in [0.29, 0.717) is 23.8 Å². The molecule has 0 aliphatic rings. The highest BCUT2D eigenvalue weighted by atomic mass is 35.5. The van der Waals surface area contributed by atoms with E-state index in [9.17, 15) is 9.59 Å². The van der Waals surface area contributed by atoms with Gasteiger partial charge in [0.05, 0.1) is 15.7 Å². The molecule has 0 fully saturated rings. The van der Waals surface area contributed by atoms with Gasteiger partial charge in [0.2, 0.25) is 0 Å². The van der Waals surface area contributed by atoms with Crippen molar-refractivity contribution < 1.29 is 9.59 Å². The molecule has 4 nitrogen and oxygen atoms in total. The minimum Gasteiger partial charge on any atom is -0.334 e. The molecule has 22 heavy (non-hydrogen) atoms. The predicted octanol–water partition coefficient (Wildman–Crippen LogP) is 4.36. The lowest BCUT2D eigenvalue weighted by atomic mass is 10.2. The zero-order chi connectivity index (χ0) is 16.5. The van der Waals surface area contributed by atoms with Crippen LogP contribution in [0.2, 0.25) is 10.0 Å². The first-order chi connectivity index (χ1) is 10.5. The predicted molar refractivity (Wildman–Crippen MR) is 91.5 cm³/mol. The maximum atomic E-state index is 12.3. The monoisotopic (exact) mass is 344 g/mol. The van der Waals surface area contributed by atoms with E-state index in [-0.39, 0.29) is 5.02 Å². The first-order valence-corrected chi connectivity index (χ1v) is 8.31. The van der Waals surface area contributed by atoms with Gasteiger partial charge < -0.3 is 10.2 Å². The van der Waals surface area contributed by atoms with Crippen LogP contribution in [0.4, 0.5) is 5.69 Å². The number of hydrogen-bond donors (Lipinski definition) is 1. The van der Waals surface area contributed by atoms with E-state index in [0.717, 1.165) is 25.7 Å². The van der Waals surface area contributed by atoms with Crippen LogP contribution in [-0.2, 0) is 9.59 Å². The Balaban J connectivity index is 2.75. The van der Waals surface area contributed by atoms with Gasteiger partial charge in [0.15, 0.2) is 0 Å². The van der Waals surface area contributed by atoms with Crippen molar-refractivity contribution in [3.05, 3.63) is 28.2 Å². The number of amides is 2. The molecular weight excluding hydrogens is 323 g/mol. The van der Waals surface area contributed by atoms with Crippen molar-refractivity contribution in [2.75, 3.05) is 18.4 Å². The van der Waals surface area contributed by atoms with Gasteiger partial charge in [-0.25, -0.2) is 0 Å². The number of carbonyl (C=O) groups is 2. The molecular formula is C16H22Cl2N2O2. The number of unbranched alkanes of at least 4 members (excludes halogenated alkanes) is 2. The summed E-state index contributed by atoms with van der Waals surface area (Å²) >= 11 is 11.9. The molecule has 0 bridgehead atoms. The lowest BCUT2D eigenvalue weighted by Crippen LogP contribution is -2.40.